The highest BCUT2D eigenvalue weighted by molar-refractivity contribution is 6.35. The van der Waals surface area contributed by atoms with Gasteiger partial charge in [0.2, 0.25) is 5.69 Å². The van der Waals surface area contributed by atoms with Crippen LogP contribution in [0.4, 0.5) is 10.6 Å². The molecule has 0 spiro atoms. The number of hydrogen-bond acceptors (Lipinski definition) is 5. The van der Waals surface area contributed by atoms with E-state index in [9.17, 15) is 10.0 Å². The van der Waals surface area contributed by atoms with Crippen LogP contribution in [-0.2, 0) is 11.3 Å². The SMILES string of the molecule is C[C@H](NC(=O)OC(C)(C)C)c1cc2cccc(Cl)c2nc1NCc1cccc[n+]1[O-]. The molecule has 0 radical (unpaired) electrons. The van der Waals surface area contributed by atoms with Crippen LogP contribution in [0.3, 0.4) is 0 Å². The maximum Gasteiger partial charge on any atom is 0.408 e. The molecule has 0 saturated carbocycles. The Bertz CT molecular complexity index is 1070. The topological polar surface area (TPSA) is 90.2 Å². The first-order chi connectivity index (χ1) is 14.1. The highest BCUT2D eigenvalue weighted by Crippen LogP contribution is 2.30. The van der Waals surface area contributed by atoms with Crippen LogP contribution < -0.4 is 15.4 Å². The van der Waals surface area contributed by atoms with Crippen molar-refractivity contribution < 1.29 is 14.3 Å². The van der Waals surface area contributed by atoms with E-state index in [1.165, 1.54) is 6.20 Å². The summed E-state index contributed by atoms with van der Waals surface area (Å²) in [6.07, 6.45) is 0.919. The second kappa shape index (κ2) is 8.75. The van der Waals surface area contributed by atoms with Gasteiger partial charge in [-0.3, -0.25) is 0 Å². The zero-order valence-corrected chi connectivity index (χ0v) is 18.2. The lowest BCUT2D eigenvalue weighted by Crippen LogP contribution is -2.34. The molecule has 30 heavy (non-hydrogen) atoms. The quantitative estimate of drug-likeness (QED) is 0.453. The summed E-state index contributed by atoms with van der Waals surface area (Å²) in [6.45, 7) is 7.53. The Morgan fingerprint density at radius 1 is 1.27 bits per heavy atom. The second-order valence-corrected chi connectivity index (χ2v) is 8.38. The fourth-order valence-corrected chi connectivity index (χ4v) is 3.21. The number of pyridine rings is 2. The number of hydrogen-bond donors (Lipinski definition) is 2. The number of amides is 1. The predicted octanol–water partition coefficient (Wildman–Crippen LogP) is 4.72. The molecular weight excluding hydrogens is 404 g/mol. The molecular formula is C22H25ClN4O3. The second-order valence-electron chi connectivity index (χ2n) is 7.98. The minimum Gasteiger partial charge on any atom is -0.618 e. The van der Waals surface area contributed by atoms with E-state index in [-0.39, 0.29) is 6.54 Å². The van der Waals surface area contributed by atoms with Gasteiger partial charge >= 0.3 is 6.09 Å². The monoisotopic (exact) mass is 428 g/mol. The molecule has 0 bridgehead atoms. The van der Waals surface area contributed by atoms with Gasteiger partial charge in [0.15, 0.2) is 6.20 Å². The third-order valence-electron chi connectivity index (χ3n) is 4.37. The summed E-state index contributed by atoms with van der Waals surface area (Å²) >= 11 is 6.33. The van der Waals surface area contributed by atoms with Crippen LogP contribution in [0.1, 0.15) is 45.0 Å². The summed E-state index contributed by atoms with van der Waals surface area (Å²) in [5, 5.41) is 19.4. The summed E-state index contributed by atoms with van der Waals surface area (Å²) in [4.78, 5) is 16.9. The normalized spacial score (nSPS) is 12.4. The standard InChI is InChI=1S/C22H25ClN4O3/c1-14(25-21(28)30-22(2,3)4)17-12-15-8-7-10-18(23)19(15)26-20(17)24-13-16-9-5-6-11-27(16)29/h5-12,14H,13H2,1-4H3,(H,24,26)(H,25,28)/t14-/m0/s1. The zero-order chi connectivity index (χ0) is 21.9. The molecule has 0 aliphatic carbocycles. The first-order valence-electron chi connectivity index (χ1n) is 9.63. The summed E-state index contributed by atoms with van der Waals surface area (Å²) in [5.41, 5.74) is 1.33. The molecule has 0 unspecified atom stereocenters. The number of ether oxygens (including phenoxy) is 1. The molecule has 2 aromatic heterocycles. The third kappa shape index (κ3) is 5.30. The van der Waals surface area contributed by atoms with E-state index in [1.807, 2.05) is 45.9 Å². The van der Waals surface area contributed by atoms with E-state index >= 15 is 0 Å². The van der Waals surface area contributed by atoms with E-state index in [0.717, 1.165) is 15.7 Å². The summed E-state index contributed by atoms with van der Waals surface area (Å²) in [5.74, 6) is 0.531. The van der Waals surface area contributed by atoms with Gasteiger partial charge in [0.1, 0.15) is 18.0 Å². The number of carbonyl (C=O) groups excluding carboxylic acids is 1. The van der Waals surface area contributed by atoms with Gasteiger partial charge in [-0.15, -0.1) is 0 Å². The number of nitrogens with zero attached hydrogens (tertiary/aromatic N) is 2. The first-order valence-corrected chi connectivity index (χ1v) is 10.0. The Labute approximate surface area is 180 Å². The molecule has 158 valence electrons. The van der Waals surface area contributed by atoms with E-state index < -0.39 is 17.7 Å². The summed E-state index contributed by atoms with van der Waals surface area (Å²) in [7, 11) is 0. The largest absolute Gasteiger partial charge is 0.618 e. The molecule has 3 rings (SSSR count). The van der Waals surface area contributed by atoms with Crippen LogP contribution in [0.5, 0.6) is 0 Å². The highest BCUT2D eigenvalue weighted by atomic mass is 35.5. The molecule has 3 aromatic rings. The molecule has 2 heterocycles. The van der Waals surface area contributed by atoms with Crippen molar-refractivity contribution in [2.45, 2.75) is 45.9 Å². The molecule has 0 aliphatic heterocycles. The number of para-hydroxylation sites is 1. The van der Waals surface area contributed by atoms with Crippen molar-refractivity contribution in [3.05, 3.63) is 70.1 Å². The van der Waals surface area contributed by atoms with Gasteiger partial charge in [-0.05, 0) is 45.9 Å². The Morgan fingerprint density at radius 3 is 2.73 bits per heavy atom. The van der Waals surface area contributed by atoms with Crippen LogP contribution >= 0.6 is 11.6 Å². The van der Waals surface area contributed by atoms with Gasteiger partial charge in [-0.1, -0.05) is 23.7 Å². The Hall–Kier alpha value is -3.06. The Kier molecular flexibility index (Phi) is 6.31. The number of aromatic nitrogens is 2. The van der Waals surface area contributed by atoms with Gasteiger partial charge in [0.05, 0.1) is 16.6 Å². The van der Waals surface area contributed by atoms with E-state index in [2.05, 4.69) is 15.6 Å². The number of nitrogens with one attached hydrogen (secondary N) is 2. The zero-order valence-electron chi connectivity index (χ0n) is 17.4. The van der Waals surface area contributed by atoms with Gasteiger partial charge in [0, 0.05) is 23.1 Å². The van der Waals surface area contributed by atoms with E-state index in [4.69, 9.17) is 16.3 Å². The molecule has 0 aliphatic rings. The van der Waals surface area contributed by atoms with Crippen molar-refractivity contribution in [1.82, 2.24) is 10.3 Å². The summed E-state index contributed by atoms with van der Waals surface area (Å²) < 4.78 is 6.16. The minimum absolute atomic E-state index is 0.263. The number of rotatable bonds is 5. The number of carbonyl (C=O) groups is 1. The van der Waals surface area contributed by atoms with Crippen LogP contribution in [0.15, 0.2) is 48.7 Å². The van der Waals surface area contributed by atoms with Gasteiger partial charge in [0.25, 0.3) is 0 Å². The molecule has 1 amide bonds. The molecule has 1 atom stereocenters. The fraction of sp³-hybridized carbons (Fsp3) is 0.318. The first kappa shape index (κ1) is 21.6. The fourth-order valence-electron chi connectivity index (χ4n) is 2.99. The van der Waals surface area contributed by atoms with Gasteiger partial charge in [-0.2, -0.15) is 4.73 Å². The molecule has 8 heteroatoms. The average molecular weight is 429 g/mol. The minimum atomic E-state index is -0.602. The van der Waals surface area contributed by atoms with Crippen molar-refractivity contribution in [2.75, 3.05) is 5.32 Å². The Morgan fingerprint density at radius 2 is 2.03 bits per heavy atom. The number of anilines is 1. The predicted molar refractivity (Wildman–Crippen MR) is 117 cm³/mol. The summed E-state index contributed by atoms with van der Waals surface area (Å²) in [6, 6.07) is 12.3. The van der Waals surface area contributed by atoms with Crippen LogP contribution in [0.2, 0.25) is 5.02 Å². The lowest BCUT2D eigenvalue weighted by Gasteiger charge is -2.23. The van der Waals surface area contributed by atoms with Crippen molar-refractivity contribution in [2.24, 2.45) is 0 Å². The van der Waals surface area contributed by atoms with Crippen LogP contribution in [-0.4, -0.2) is 16.7 Å². The number of fused-ring (bicyclic) bond motifs is 1. The number of alkyl carbamates (subject to hydrolysis) is 1. The lowest BCUT2D eigenvalue weighted by molar-refractivity contribution is -0.613. The van der Waals surface area contributed by atoms with Crippen molar-refractivity contribution >= 4 is 34.4 Å². The molecule has 7 nitrogen and oxygen atoms in total. The maximum atomic E-state index is 12.3. The maximum absolute atomic E-state index is 12.3. The molecule has 0 saturated heterocycles. The van der Waals surface area contributed by atoms with Gasteiger partial charge < -0.3 is 20.6 Å². The molecule has 1 aromatic carbocycles. The number of halogens is 1. The van der Waals surface area contributed by atoms with Crippen molar-refractivity contribution in [1.29, 1.82) is 0 Å². The number of benzene rings is 1. The highest BCUT2D eigenvalue weighted by Gasteiger charge is 2.21. The third-order valence-corrected chi connectivity index (χ3v) is 4.67. The smallest absolute Gasteiger partial charge is 0.408 e. The van der Waals surface area contributed by atoms with Crippen molar-refractivity contribution in [3.8, 4) is 0 Å². The van der Waals surface area contributed by atoms with E-state index in [1.54, 1.807) is 24.3 Å². The lowest BCUT2D eigenvalue weighted by atomic mass is 10.1. The van der Waals surface area contributed by atoms with Crippen molar-refractivity contribution in [3.63, 3.8) is 0 Å². The van der Waals surface area contributed by atoms with Crippen LogP contribution in [0, 0.1) is 5.21 Å². The van der Waals surface area contributed by atoms with Crippen LogP contribution in [0.25, 0.3) is 10.9 Å². The molecule has 2 N–H and O–H groups in total. The Balaban J connectivity index is 1.93. The van der Waals surface area contributed by atoms with E-state index in [0.29, 0.717) is 22.1 Å². The molecule has 0 fully saturated rings. The van der Waals surface area contributed by atoms with Gasteiger partial charge in [-0.25, -0.2) is 9.78 Å². The average Bonchev–Trinajstić information content (AvgIpc) is 2.65.